The fourth-order valence-corrected chi connectivity index (χ4v) is 4.00. The van der Waals surface area contributed by atoms with Crippen LogP contribution in [0.3, 0.4) is 0 Å². The largest absolute Gasteiger partial charge is 0.310 e. The van der Waals surface area contributed by atoms with Gasteiger partial charge in [-0.3, -0.25) is 0 Å². The first-order valence-electron chi connectivity index (χ1n) is 7.39. The molecule has 0 bridgehead atoms. The third kappa shape index (κ3) is 3.40. The van der Waals surface area contributed by atoms with Crippen LogP contribution in [0.2, 0.25) is 0 Å². The Morgan fingerprint density at radius 1 is 1.20 bits per heavy atom. The van der Waals surface area contributed by atoms with Gasteiger partial charge in [-0.1, -0.05) is 19.1 Å². The zero-order valence-corrected chi connectivity index (χ0v) is 13.1. The van der Waals surface area contributed by atoms with E-state index in [9.17, 15) is 8.42 Å². The van der Waals surface area contributed by atoms with Crippen molar-refractivity contribution < 1.29 is 8.42 Å². The Bertz CT molecular complexity index is 519. The van der Waals surface area contributed by atoms with Gasteiger partial charge in [-0.25, -0.2) is 8.42 Å². The van der Waals surface area contributed by atoms with Crippen molar-refractivity contribution >= 4 is 10.0 Å². The first-order valence-corrected chi connectivity index (χ1v) is 8.83. The van der Waals surface area contributed by atoms with Gasteiger partial charge in [-0.05, 0) is 50.4 Å². The Kier molecular flexibility index (Phi) is 5.18. The van der Waals surface area contributed by atoms with Crippen molar-refractivity contribution in [2.45, 2.75) is 44.0 Å². The third-order valence-corrected chi connectivity index (χ3v) is 5.70. The molecule has 1 heterocycles. The monoisotopic (exact) mass is 296 g/mol. The molecule has 4 nitrogen and oxygen atoms in total. The van der Waals surface area contributed by atoms with E-state index in [1.165, 1.54) is 0 Å². The number of nitrogens with one attached hydrogen (secondary N) is 1. The van der Waals surface area contributed by atoms with Gasteiger partial charge in [0, 0.05) is 19.1 Å². The highest BCUT2D eigenvalue weighted by atomic mass is 32.2. The number of hydrogen-bond donors (Lipinski definition) is 1. The van der Waals surface area contributed by atoms with Crippen LogP contribution in [0.4, 0.5) is 0 Å². The van der Waals surface area contributed by atoms with Gasteiger partial charge in [-0.2, -0.15) is 4.31 Å². The van der Waals surface area contributed by atoms with Crippen LogP contribution in [0, 0.1) is 0 Å². The smallest absolute Gasteiger partial charge is 0.243 e. The number of nitrogens with zero attached hydrogens (tertiary/aromatic N) is 1. The quantitative estimate of drug-likeness (QED) is 0.877. The summed E-state index contributed by atoms with van der Waals surface area (Å²) in [7, 11) is -3.29. The molecule has 1 aromatic rings. The van der Waals surface area contributed by atoms with Crippen molar-refractivity contribution in [1.29, 1.82) is 0 Å². The molecule has 2 rings (SSSR count). The second-order valence-electron chi connectivity index (χ2n) is 5.36. The van der Waals surface area contributed by atoms with E-state index in [4.69, 9.17) is 0 Å². The predicted octanol–water partition coefficient (Wildman–Crippen LogP) is 2.53. The molecule has 1 atom stereocenters. The summed E-state index contributed by atoms with van der Waals surface area (Å²) in [4.78, 5) is 0.408. The molecule has 0 amide bonds. The number of benzene rings is 1. The lowest BCUT2D eigenvalue weighted by Gasteiger charge is -2.17. The minimum atomic E-state index is -3.29. The van der Waals surface area contributed by atoms with E-state index < -0.39 is 10.0 Å². The van der Waals surface area contributed by atoms with E-state index in [-0.39, 0.29) is 6.04 Å². The van der Waals surface area contributed by atoms with Gasteiger partial charge in [0.25, 0.3) is 0 Å². The van der Waals surface area contributed by atoms with Crippen LogP contribution in [0.1, 0.15) is 44.7 Å². The van der Waals surface area contributed by atoms with E-state index in [0.29, 0.717) is 18.0 Å². The van der Waals surface area contributed by atoms with Gasteiger partial charge in [0.2, 0.25) is 10.0 Å². The minimum absolute atomic E-state index is 0.249. The van der Waals surface area contributed by atoms with Crippen LogP contribution in [-0.2, 0) is 10.0 Å². The maximum Gasteiger partial charge on any atom is 0.243 e. The Hall–Kier alpha value is -0.910. The van der Waals surface area contributed by atoms with Crippen LogP contribution in [-0.4, -0.2) is 32.4 Å². The summed E-state index contributed by atoms with van der Waals surface area (Å²) in [6.45, 7) is 6.50. The van der Waals surface area contributed by atoms with Crippen LogP contribution >= 0.6 is 0 Å². The van der Waals surface area contributed by atoms with Crippen molar-refractivity contribution in [2.75, 3.05) is 19.6 Å². The average molecular weight is 296 g/mol. The molecule has 20 heavy (non-hydrogen) atoms. The normalized spacial score (nSPS) is 18.3. The van der Waals surface area contributed by atoms with Crippen molar-refractivity contribution in [3.63, 3.8) is 0 Å². The summed E-state index contributed by atoms with van der Waals surface area (Å²) in [6, 6.07) is 7.53. The zero-order chi connectivity index (χ0) is 14.6. The molecule has 112 valence electrons. The highest BCUT2D eigenvalue weighted by Crippen LogP contribution is 2.22. The Labute approximate surface area is 122 Å². The third-order valence-electron chi connectivity index (χ3n) is 3.78. The second-order valence-corrected chi connectivity index (χ2v) is 7.29. The van der Waals surface area contributed by atoms with Gasteiger partial charge in [0.15, 0.2) is 0 Å². The van der Waals surface area contributed by atoms with E-state index in [1.807, 2.05) is 12.1 Å². The number of hydrogen-bond acceptors (Lipinski definition) is 3. The summed E-state index contributed by atoms with van der Waals surface area (Å²) >= 11 is 0. The van der Waals surface area contributed by atoms with E-state index in [1.54, 1.807) is 16.4 Å². The summed E-state index contributed by atoms with van der Waals surface area (Å²) in [5, 5.41) is 3.40. The van der Waals surface area contributed by atoms with Crippen LogP contribution in [0.5, 0.6) is 0 Å². The SMILES string of the molecule is CCCNC(C)c1ccc(S(=O)(=O)N2CCCC2)cc1. The summed E-state index contributed by atoms with van der Waals surface area (Å²) in [6.07, 6.45) is 3.02. The highest BCUT2D eigenvalue weighted by molar-refractivity contribution is 7.89. The molecule has 1 fully saturated rings. The lowest BCUT2D eigenvalue weighted by molar-refractivity contribution is 0.477. The fraction of sp³-hybridized carbons (Fsp3) is 0.600. The van der Waals surface area contributed by atoms with Crippen LogP contribution in [0.15, 0.2) is 29.2 Å². The lowest BCUT2D eigenvalue weighted by atomic mass is 10.1. The first kappa shape index (κ1) is 15.5. The van der Waals surface area contributed by atoms with Crippen molar-refractivity contribution in [1.82, 2.24) is 9.62 Å². The molecule has 1 saturated heterocycles. The summed E-state index contributed by atoms with van der Waals surface area (Å²) < 4.78 is 26.4. The molecule has 0 aliphatic carbocycles. The molecule has 1 aliphatic rings. The molecular weight excluding hydrogens is 272 g/mol. The zero-order valence-electron chi connectivity index (χ0n) is 12.3. The average Bonchev–Trinajstić information content (AvgIpc) is 3.00. The molecule has 1 aromatic carbocycles. The molecule has 0 saturated carbocycles. The fourth-order valence-electron chi connectivity index (χ4n) is 2.48. The van der Waals surface area contributed by atoms with E-state index >= 15 is 0 Å². The molecule has 0 spiro atoms. The molecule has 0 radical (unpaired) electrons. The first-order chi connectivity index (χ1) is 9.55. The second kappa shape index (κ2) is 6.70. The standard InChI is InChI=1S/C15H24N2O2S/c1-3-10-16-13(2)14-6-8-15(9-7-14)20(18,19)17-11-4-5-12-17/h6-9,13,16H,3-5,10-12H2,1-2H3. The molecule has 1 unspecified atom stereocenters. The Balaban J connectivity index is 2.11. The highest BCUT2D eigenvalue weighted by Gasteiger charge is 2.26. The van der Waals surface area contributed by atoms with E-state index in [0.717, 1.165) is 31.4 Å². The Morgan fingerprint density at radius 2 is 1.80 bits per heavy atom. The maximum atomic E-state index is 12.4. The Morgan fingerprint density at radius 3 is 2.35 bits per heavy atom. The lowest BCUT2D eigenvalue weighted by Crippen LogP contribution is -2.27. The number of sulfonamides is 1. The van der Waals surface area contributed by atoms with Gasteiger partial charge < -0.3 is 5.32 Å². The number of rotatable bonds is 6. The molecule has 1 N–H and O–H groups in total. The summed E-state index contributed by atoms with van der Waals surface area (Å²) in [5.74, 6) is 0. The molecule has 1 aliphatic heterocycles. The topological polar surface area (TPSA) is 49.4 Å². The van der Waals surface area contributed by atoms with Crippen molar-refractivity contribution in [3.8, 4) is 0 Å². The van der Waals surface area contributed by atoms with Crippen molar-refractivity contribution in [3.05, 3.63) is 29.8 Å². The van der Waals surface area contributed by atoms with Crippen molar-refractivity contribution in [2.24, 2.45) is 0 Å². The van der Waals surface area contributed by atoms with Crippen LogP contribution in [0.25, 0.3) is 0 Å². The van der Waals surface area contributed by atoms with Gasteiger partial charge in [-0.15, -0.1) is 0 Å². The molecule has 5 heteroatoms. The predicted molar refractivity (Wildman–Crippen MR) is 81.1 cm³/mol. The maximum absolute atomic E-state index is 12.4. The van der Waals surface area contributed by atoms with Gasteiger partial charge in [0.05, 0.1) is 4.90 Å². The minimum Gasteiger partial charge on any atom is -0.310 e. The van der Waals surface area contributed by atoms with Gasteiger partial charge >= 0.3 is 0 Å². The van der Waals surface area contributed by atoms with Gasteiger partial charge in [0.1, 0.15) is 0 Å². The molecule has 0 aromatic heterocycles. The van der Waals surface area contributed by atoms with Crippen LogP contribution < -0.4 is 5.32 Å². The molecular formula is C15H24N2O2S. The van der Waals surface area contributed by atoms with E-state index in [2.05, 4.69) is 19.2 Å². The summed E-state index contributed by atoms with van der Waals surface area (Å²) in [5.41, 5.74) is 1.12.